The van der Waals surface area contributed by atoms with Crippen molar-refractivity contribution < 1.29 is 9.53 Å². The van der Waals surface area contributed by atoms with Crippen LogP contribution in [-0.2, 0) is 16.3 Å². The van der Waals surface area contributed by atoms with Gasteiger partial charge >= 0.3 is 0 Å². The van der Waals surface area contributed by atoms with Gasteiger partial charge in [0.1, 0.15) is 6.73 Å². The fraction of sp³-hybridized carbons (Fsp3) is 0.529. The second-order valence-electron chi connectivity index (χ2n) is 6.97. The third-order valence-corrected chi connectivity index (χ3v) is 6.67. The van der Waals surface area contributed by atoms with E-state index in [-0.39, 0.29) is 11.6 Å². The summed E-state index contributed by atoms with van der Waals surface area (Å²) in [5, 5.41) is 8.39. The van der Waals surface area contributed by atoms with Crippen LogP contribution in [0.4, 0.5) is 5.82 Å². The number of nitrogens with zero attached hydrogens (tertiary/aromatic N) is 2. The van der Waals surface area contributed by atoms with Crippen molar-refractivity contribution in [2.75, 3.05) is 5.32 Å². The van der Waals surface area contributed by atoms with Crippen LogP contribution >= 0.6 is 0 Å². The van der Waals surface area contributed by atoms with E-state index in [4.69, 9.17) is 4.74 Å². The van der Waals surface area contributed by atoms with E-state index in [1.165, 1.54) is 0 Å². The Morgan fingerprint density at radius 2 is 2.04 bits per heavy atom. The molecule has 0 aliphatic carbocycles. The van der Waals surface area contributed by atoms with Crippen LogP contribution in [0.2, 0.25) is 19.6 Å². The van der Waals surface area contributed by atoms with Crippen LogP contribution in [0.1, 0.15) is 26.7 Å². The standard InChI is InChI=1S/C17H27N3O2Si/c1-6-9-16(21)18-17-14-10-7-8-11-15(14)20(19-17)12-22-13(2)23(3,4)5/h7-8,10-11,13H,6,9,12H2,1-5H3,(H,18,19,21). The Hall–Kier alpha value is -1.66. The van der Waals surface area contributed by atoms with Crippen molar-refractivity contribution in [1.82, 2.24) is 9.78 Å². The number of benzene rings is 1. The topological polar surface area (TPSA) is 56.2 Å². The summed E-state index contributed by atoms with van der Waals surface area (Å²) in [6.07, 6.45) is 1.33. The molecule has 1 N–H and O–H groups in total. The highest BCUT2D eigenvalue weighted by Crippen LogP contribution is 2.23. The van der Waals surface area contributed by atoms with Gasteiger partial charge in [0.15, 0.2) is 5.82 Å². The molecule has 5 nitrogen and oxygen atoms in total. The number of rotatable bonds is 7. The molecule has 0 saturated heterocycles. The lowest BCUT2D eigenvalue weighted by atomic mass is 10.2. The number of fused-ring (bicyclic) bond motifs is 1. The lowest BCUT2D eigenvalue weighted by Crippen LogP contribution is -2.38. The fourth-order valence-corrected chi connectivity index (χ4v) is 2.75. The van der Waals surface area contributed by atoms with Crippen molar-refractivity contribution in [2.24, 2.45) is 0 Å². The Morgan fingerprint density at radius 3 is 2.70 bits per heavy atom. The van der Waals surface area contributed by atoms with Gasteiger partial charge in [-0.2, -0.15) is 5.10 Å². The zero-order valence-electron chi connectivity index (χ0n) is 14.7. The average molecular weight is 334 g/mol. The van der Waals surface area contributed by atoms with Crippen LogP contribution in [0, 0.1) is 0 Å². The van der Waals surface area contributed by atoms with Crippen LogP contribution < -0.4 is 5.32 Å². The number of para-hydroxylation sites is 1. The lowest BCUT2D eigenvalue weighted by molar-refractivity contribution is -0.116. The molecule has 0 aliphatic rings. The summed E-state index contributed by atoms with van der Waals surface area (Å²) in [6.45, 7) is 11.4. The molecule has 0 radical (unpaired) electrons. The predicted molar refractivity (Wildman–Crippen MR) is 97.2 cm³/mol. The summed E-state index contributed by atoms with van der Waals surface area (Å²) in [5.41, 5.74) is 1.21. The second kappa shape index (κ2) is 7.27. The highest BCUT2D eigenvalue weighted by Gasteiger charge is 2.23. The largest absolute Gasteiger partial charge is 0.360 e. The summed E-state index contributed by atoms with van der Waals surface area (Å²) >= 11 is 0. The number of aromatic nitrogens is 2. The van der Waals surface area contributed by atoms with Crippen molar-refractivity contribution in [3.05, 3.63) is 24.3 Å². The number of amides is 1. The number of hydrogen-bond donors (Lipinski definition) is 1. The molecule has 1 amide bonds. The molecule has 0 spiro atoms. The van der Waals surface area contributed by atoms with Gasteiger partial charge in [-0.1, -0.05) is 38.7 Å². The normalized spacial score (nSPS) is 13.3. The monoisotopic (exact) mass is 333 g/mol. The quantitative estimate of drug-likeness (QED) is 0.779. The van der Waals surface area contributed by atoms with Gasteiger partial charge in [-0.05, 0) is 25.5 Å². The number of nitrogens with one attached hydrogen (secondary N) is 1. The molecule has 23 heavy (non-hydrogen) atoms. The van der Waals surface area contributed by atoms with Crippen LogP contribution in [0.5, 0.6) is 0 Å². The minimum atomic E-state index is -1.35. The van der Waals surface area contributed by atoms with E-state index in [0.717, 1.165) is 17.3 Å². The first kappa shape index (κ1) is 17.7. The van der Waals surface area contributed by atoms with E-state index in [1.54, 1.807) is 0 Å². The molecule has 1 aromatic carbocycles. The van der Waals surface area contributed by atoms with E-state index < -0.39 is 8.07 Å². The van der Waals surface area contributed by atoms with E-state index >= 15 is 0 Å². The predicted octanol–water partition coefficient (Wildman–Crippen LogP) is 4.01. The van der Waals surface area contributed by atoms with Gasteiger partial charge in [-0.15, -0.1) is 0 Å². The molecule has 1 atom stereocenters. The molecule has 0 fully saturated rings. The smallest absolute Gasteiger partial charge is 0.225 e. The molecule has 2 aromatic rings. The van der Waals surface area contributed by atoms with Crippen LogP contribution in [-0.4, -0.2) is 29.5 Å². The van der Waals surface area contributed by atoms with Crippen molar-refractivity contribution in [1.29, 1.82) is 0 Å². The van der Waals surface area contributed by atoms with Crippen molar-refractivity contribution in [3.8, 4) is 0 Å². The van der Waals surface area contributed by atoms with Gasteiger partial charge in [0.2, 0.25) is 5.91 Å². The maximum Gasteiger partial charge on any atom is 0.225 e. The summed E-state index contributed by atoms with van der Waals surface area (Å²) in [4.78, 5) is 11.9. The third-order valence-electron chi connectivity index (χ3n) is 4.06. The average Bonchev–Trinajstić information content (AvgIpc) is 2.82. The molecular weight excluding hydrogens is 306 g/mol. The van der Waals surface area contributed by atoms with Gasteiger partial charge in [0, 0.05) is 17.5 Å². The number of hydrogen-bond acceptors (Lipinski definition) is 3. The van der Waals surface area contributed by atoms with Gasteiger partial charge in [0.05, 0.1) is 13.6 Å². The van der Waals surface area contributed by atoms with Crippen molar-refractivity contribution in [2.45, 2.75) is 58.8 Å². The fourth-order valence-electron chi connectivity index (χ4n) is 2.17. The second-order valence-corrected chi connectivity index (χ2v) is 12.5. The van der Waals surface area contributed by atoms with Crippen LogP contribution in [0.15, 0.2) is 24.3 Å². The molecule has 126 valence electrons. The Labute approximate surface area is 139 Å². The van der Waals surface area contributed by atoms with E-state index in [9.17, 15) is 4.79 Å². The highest BCUT2D eigenvalue weighted by atomic mass is 28.3. The number of ether oxygens (including phenoxy) is 1. The molecule has 1 unspecified atom stereocenters. The van der Waals surface area contributed by atoms with Crippen LogP contribution in [0.3, 0.4) is 0 Å². The first-order valence-electron chi connectivity index (χ1n) is 8.20. The summed E-state index contributed by atoms with van der Waals surface area (Å²) in [6, 6.07) is 7.90. The van der Waals surface area contributed by atoms with Gasteiger partial charge < -0.3 is 10.1 Å². The number of anilines is 1. The Morgan fingerprint density at radius 1 is 1.35 bits per heavy atom. The Balaban J connectivity index is 2.22. The van der Waals surface area contributed by atoms with Gasteiger partial charge in [-0.3, -0.25) is 4.79 Å². The molecule has 0 bridgehead atoms. The maximum atomic E-state index is 11.9. The van der Waals surface area contributed by atoms with E-state index in [0.29, 0.717) is 19.0 Å². The van der Waals surface area contributed by atoms with Gasteiger partial charge in [0.25, 0.3) is 0 Å². The van der Waals surface area contributed by atoms with E-state index in [2.05, 4.69) is 37.0 Å². The minimum Gasteiger partial charge on any atom is -0.360 e. The minimum absolute atomic E-state index is 0.000659. The zero-order chi connectivity index (χ0) is 17.0. The molecule has 0 aliphatic heterocycles. The summed E-state index contributed by atoms with van der Waals surface area (Å²) in [7, 11) is -1.35. The van der Waals surface area contributed by atoms with Crippen molar-refractivity contribution >= 4 is 30.7 Å². The third kappa shape index (κ3) is 4.42. The molecule has 0 saturated carbocycles. The van der Waals surface area contributed by atoms with Crippen molar-refractivity contribution in [3.63, 3.8) is 0 Å². The molecule has 6 heteroatoms. The molecular formula is C17H27N3O2Si. The first-order valence-corrected chi connectivity index (χ1v) is 11.8. The number of carbonyl (C=O) groups excluding carboxylic acids is 1. The first-order chi connectivity index (χ1) is 10.8. The maximum absolute atomic E-state index is 11.9. The molecule has 1 aromatic heterocycles. The number of carbonyl (C=O) groups is 1. The Bertz CT molecular complexity index is 676. The SMILES string of the molecule is CCCC(=O)Nc1nn(COC(C)[Si](C)(C)C)c2ccccc12. The Kier molecular flexibility index (Phi) is 5.59. The van der Waals surface area contributed by atoms with Crippen LogP contribution in [0.25, 0.3) is 10.9 Å². The lowest BCUT2D eigenvalue weighted by Gasteiger charge is -2.25. The highest BCUT2D eigenvalue weighted by molar-refractivity contribution is 6.77. The zero-order valence-corrected chi connectivity index (χ0v) is 15.7. The summed E-state index contributed by atoms with van der Waals surface area (Å²) < 4.78 is 7.84. The summed E-state index contributed by atoms with van der Waals surface area (Å²) in [5.74, 6) is 0.614. The van der Waals surface area contributed by atoms with Gasteiger partial charge in [-0.25, -0.2) is 4.68 Å². The van der Waals surface area contributed by atoms with E-state index in [1.807, 2.05) is 35.9 Å². The molecule has 2 rings (SSSR count). The molecule has 1 heterocycles.